The standard InChI is InChI=1S/C16H6F18O4.C11H4F14O2.C10H4F12O2.C7H2F10O3.C7H2F10O2/c17-6(18)1-35-15(33,36-2-7(19)20)10(25)5-11(26,27)12(28,14(31,32)13(10,29)30)16(34,37-3-8(21)22)38-4-9(23)24;12-4(13)1-26-11(25,27-2-5(14)15)6(16)3-7(17,18)9(21,22)10(23,24)8(6,19)20;11-4(12)1-23-7(24-2-5(13)14)3-6(15,16)8(17,18)10(21,22)9(7,19)20;8-3(9)1-18-6(14,19-2-4(10)11)5(12,13)20-7(15,16)17;8-3(9)1-18-7(17,19-2-4(10)11)5(12,13)6(14,15)16/h1-4H,5H2;1-2H,3H2;1-2H,3H2;1-2H;1-2H. The van der Waals surface area contributed by atoms with Crippen molar-refractivity contribution in [3.63, 3.8) is 0 Å². The molecule has 0 aromatic rings. The first-order chi connectivity index (χ1) is 56.3. The van der Waals surface area contributed by atoms with Crippen LogP contribution in [0.15, 0.2) is 148 Å². The molecular formula is C51H18F64O13. The van der Waals surface area contributed by atoms with Crippen LogP contribution in [0.25, 0.3) is 0 Å². The van der Waals surface area contributed by atoms with Gasteiger partial charge >= 0.3 is 204 Å². The third kappa shape index (κ3) is 24.9. The van der Waals surface area contributed by atoms with Crippen molar-refractivity contribution >= 4 is 0 Å². The molecule has 3 unspecified atom stereocenters. The summed E-state index contributed by atoms with van der Waals surface area (Å²) in [6, 6.07) is -29.8. The Morgan fingerprint density at radius 3 is 0.664 bits per heavy atom. The number of hydrogen-bond acceptors (Lipinski definition) is 13. The van der Waals surface area contributed by atoms with Gasteiger partial charge in [0, 0.05) is 0 Å². The summed E-state index contributed by atoms with van der Waals surface area (Å²) in [6.07, 6.45) is -83.9. The third-order valence-electron chi connectivity index (χ3n) is 13.0. The van der Waals surface area contributed by atoms with Gasteiger partial charge in [0.05, 0.1) is 12.8 Å². The maximum absolute atomic E-state index is 15.1. The fraction of sp³-hybridized carbons (Fsp3) is 0.529. The molecule has 3 rings (SSSR count). The molecule has 0 radical (unpaired) electrons. The molecule has 748 valence electrons. The summed E-state index contributed by atoms with van der Waals surface area (Å²) in [7, 11) is 0. The van der Waals surface area contributed by atoms with Crippen LogP contribution in [0.5, 0.6) is 0 Å². The van der Waals surface area contributed by atoms with Crippen molar-refractivity contribution in [1.82, 2.24) is 0 Å². The van der Waals surface area contributed by atoms with Gasteiger partial charge in [-0.15, -0.1) is 17.6 Å². The molecule has 3 fully saturated rings. The van der Waals surface area contributed by atoms with E-state index in [0.29, 0.717) is 0 Å². The maximum Gasteiger partial charge on any atom is 0.527 e. The topological polar surface area (TPSA) is 120 Å². The number of ether oxygens (including phenoxy) is 13. The number of rotatable bonds is 30. The van der Waals surface area contributed by atoms with Crippen LogP contribution in [0.1, 0.15) is 19.3 Å². The van der Waals surface area contributed by atoms with Gasteiger partial charge in [0.15, 0.2) is 75.1 Å². The fourth-order valence-corrected chi connectivity index (χ4v) is 7.69. The van der Waals surface area contributed by atoms with Gasteiger partial charge in [-0.3, -0.25) is 0 Å². The molecule has 13 nitrogen and oxygen atoms in total. The molecule has 3 aliphatic rings. The Hall–Kier alpha value is -10.0. The van der Waals surface area contributed by atoms with Gasteiger partial charge in [0.1, 0.15) is 6.42 Å². The van der Waals surface area contributed by atoms with E-state index in [1.165, 1.54) is 0 Å². The molecule has 0 aliphatic heterocycles. The van der Waals surface area contributed by atoms with Crippen LogP contribution in [0.4, 0.5) is 281 Å². The van der Waals surface area contributed by atoms with E-state index in [-0.39, 0.29) is 0 Å². The van der Waals surface area contributed by atoms with Gasteiger partial charge in [-0.2, -0.15) is 241 Å². The lowest BCUT2D eigenvalue weighted by Crippen LogP contribution is -2.84. The number of alkyl halides is 40. The molecule has 3 saturated carbocycles. The van der Waals surface area contributed by atoms with Crippen molar-refractivity contribution in [2.45, 2.75) is 162 Å². The molecular weight excluding hydrogens is 2040 g/mol. The molecule has 0 N–H and O–H groups in total. The predicted octanol–water partition coefficient (Wildman–Crippen LogP) is 27.4. The molecule has 77 heteroatoms. The van der Waals surface area contributed by atoms with Gasteiger partial charge in [0.25, 0.3) is 11.3 Å². The first-order valence-electron chi connectivity index (χ1n) is 27.9. The largest absolute Gasteiger partial charge is 0.527 e. The maximum atomic E-state index is 15.1. The SMILES string of the molecule is FC(F)=COC(F)(OC=C(F)F)C(F)(F)C(F)(F)F.FC(F)=COC(F)(OC=C(F)F)C(F)(F)OC(F)(F)F.FC(F)=COC(F)(OC=C(F)F)C1(F)CC(F)(F)C(F)(C(F)(OC=C(F)F)OC=C(F)F)C(F)(F)C1(F)F.FC(F)=COC(F)(OC=C(F)F)C1(F)CC(F)(F)C(F)(F)C(F)(F)C1(F)F.FC(F)=COC1(OC=C(F)F)CC(F)(F)C(F)(F)C(F)(F)C1(F)F. The minimum absolute atomic E-state index is 1.09. The highest BCUT2D eigenvalue weighted by atomic mass is 19.4. The minimum atomic E-state index is -7.92. The van der Waals surface area contributed by atoms with Gasteiger partial charge in [-0.1, -0.05) is 0 Å². The zero-order chi connectivity index (χ0) is 103. The summed E-state index contributed by atoms with van der Waals surface area (Å²) >= 11 is 0. The van der Waals surface area contributed by atoms with Crippen molar-refractivity contribution in [3.05, 3.63) is 148 Å². The van der Waals surface area contributed by atoms with Crippen molar-refractivity contribution < 1.29 is 343 Å². The highest BCUT2D eigenvalue weighted by molar-refractivity contribution is 5.28. The highest BCUT2D eigenvalue weighted by Crippen LogP contribution is 2.72. The zero-order valence-corrected chi connectivity index (χ0v) is 56.5. The Kier molecular flexibility index (Phi) is 37.6. The van der Waals surface area contributed by atoms with Crippen LogP contribution in [-0.2, 0) is 61.6 Å². The lowest BCUT2D eigenvalue weighted by Gasteiger charge is -2.54. The Morgan fingerprint density at radius 2 is 0.422 bits per heavy atom. The molecule has 0 heterocycles. The average Bonchev–Trinajstić information content (AvgIpc) is 0.675. The van der Waals surface area contributed by atoms with Crippen LogP contribution in [0.2, 0.25) is 0 Å². The molecule has 3 atom stereocenters. The number of halogens is 64. The van der Waals surface area contributed by atoms with Gasteiger partial charge in [0.2, 0.25) is 0 Å². The second kappa shape index (κ2) is 40.1. The van der Waals surface area contributed by atoms with Crippen LogP contribution in [0, 0.1) is 0 Å². The first kappa shape index (κ1) is 120. The summed E-state index contributed by atoms with van der Waals surface area (Å²) in [4.78, 5) is 0. The second-order valence-electron chi connectivity index (χ2n) is 21.4. The van der Waals surface area contributed by atoms with Gasteiger partial charge < -0.3 is 56.8 Å². The molecule has 0 bridgehead atoms. The number of hydrogen-bond donors (Lipinski definition) is 0. The summed E-state index contributed by atoms with van der Waals surface area (Å²) in [5.41, 5.74) is -20.5. The quantitative estimate of drug-likeness (QED) is 0.0386. The predicted molar refractivity (Wildman–Crippen MR) is 261 cm³/mol. The molecule has 0 aromatic heterocycles. The zero-order valence-electron chi connectivity index (χ0n) is 56.5. The molecule has 0 amide bonds. The van der Waals surface area contributed by atoms with Crippen molar-refractivity contribution in [2.24, 2.45) is 0 Å². The van der Waals surface area contributed by atoms with E-state index in [1.807, 2.05) is 4.74 Å². The Bertz CT molecular complexity index is 3950. The normalized spacial score (nSPS) is 22.2. The van der Waals surface area contributed by atoms with Crippen molar-refractivity contribution in [1.29, 1.82) is 0 Å². The minimum Gasteiger partial charge on any atom is -0.449 e. The van der Waals surface area contributed by atoms with E-state index < -0.39 is 310 Å². The summed E-state index contributed by atoms with van der Waals surface area (Å²) in [5.74, 6) is -87.8. The molecule has 0 aromatic carbocycles. The van der Waals surface area contributed by atoms with Crippen LogP contribution in [0.3, 0.4) is 0 Å². The van der Waals surface area contributed by atoms with E-state index in [9.17, 15) is 272 Å². The van der Waals surface area contributed by atoms with Crippen molar-refractivity contribution in [3.8, 4) is 0 Å². The molecule has 3 aliphatic carbocycles. The molecule has 0 spiro atoms. The summed E-state index contributed by atoms with van der Waals surface area (Å²) < 4.78 is 858. The third-order valence-corrected chi connectivity index (χ3v) is 13.0. The van der Waals surface area contributed by atoms with E-state index >= 15 is 8.78 Å². The monoisotopic (exact) mass is 2050 g/mol. The van der Waals surface area contributed by atoms with Crippen LogP contribution < -0.4 is 0 Å². The van der Waals surface area contributed by atoms with Crippen LogP contribution in [-0.4, -0.2) is 143 Å². The van der Waals surface area contributed by atoms with E-state index in [1.54, 1.807) is 0 Å². The molecule has 128 heavy (non-hydrogen) atoms. The first-order valence-corrected chi connectivity index (χ1v) is 27.9. The lowest BCUT2D eigenvalue weighted by molar-refractivity contribution is -0.513. The summed E-state index contributed by atoms with van der Waals surface area (Å²) in [6.45, 7) is 0. The van der Waals surface area contributed by atoms with E-state index in [0.717, 1.165) is 0 Å². The Morgan fingerprint density at radius 1 is 0.211 bits per heavy atom. The van der Waals surface area contributed by atoms with E-state index in [4.69, 9.17) is 0 Å². The fourth-order valence-electron chi connectivity index (χ4n) is 7.69. The van der Waals surface area contributed by atoms with Crippen LogP contribution >= 0.6 is 0 Å². The van der Waals surface area contributed by atoms with Gasteiger partial charge in [-0.05, 0) is 0 Å². The highest BCUT2D eigenvalue weighted by Gasteiger charge is 3.01. The smallest absolute Gasteiger partial charge is 0.449 e. The van der Waals surface area contributed by atoms with Crippen molar-refractivity contribution in [2.75, 3.05) is 0 Å². The average molecular weight is 2050 g/mol. The Balaban J connectivity index is 0. The lowest BCUT2D eigenvalue weighted by atomic mass is 9.67. The second-order valence-corrected chi connectivity index (χ2v) is 21.4. The van der Waals surface area contributed by atoms with Gasteiger partial charge in [-0.25, -0.2) is 26.7 Å². The molecule has 0 saturated heterocycles. The van der Waals surface area contributed by atoms with E-state index in [2.05, 4.69) is 56.8 Å². The Labute approximate surface area is 653 Å². The summed E-state index contributed by atoms with van der Waals surface area (Å²) in [5, 5.41) is 0.